The highest BCUT2D eigenvalue weighted by molar-refractivity contribution is 5.93. The van der Waals surface area contributed by atoms with Gasteiger partial charge in [-0.15, -0.1) is 0 Å². The van der Waals surface area contributed by atoms with E-state index in [4.69, 9.17) is 4.74 Å². The van der Waals surface area contributed by atoms with Gasteiger partial charge in [0.15, 0.2) is 0 Å². The number of methoxy groups -OCH3 is 1. The van der Waals surface area contributed by atoms with Gasteiger partial charge in [-0.05, 0) is 49.3 Å². The molecule has 0 saturated carbocycles. The van der Waals surface area contributed by atoms with E-state index in [-0.39, 0.29) is 11.9 Å². The van der Waals surface area contributed by atoms with E-state index < -0.39 is 0 Å². The monoisotopic (exact) mass is 361 g/mol. The third-order valence-corrected chi connectivity index (χ3v) is 4.82. The molecule has 1 aliphatic heterocycles. The van der Waals surface area contributed by atoms with Gasteiger partial charge in [0.1, 0.15) is 0 Å². The van der Waals surface area contributed by atoms with Crippen LogP contribution in [0.5, 0.6) is 0 Å². The summed E-state index contributed by atoms with van der Waals surface area (Å²) in [6.07, 6.45) is 4.41. The quantitative estimate of drug-likeness (QED) is 0.760. The Morgan fingerprint density at radius 3 is 2.65 bits per heavy atom. The van der Waals surface area contributed by atoms with Crippen molar-refractivity contribution in [3.8, 4) is 0 Å². The fraction of sp³-hybridized carbons (Fsp3) is 0.600. The molecular weight excluding hydrogens is 330 g/mol. The maximum Gasteiger partial charge on any atom is 0.317 e. The maximum absolute atomic E-state index is 12.4. The number of ether oxygens (including phenoxy) is 1. The zero-order chi connectivity index (χ0) is 18.9. The number of nitrogens with zero attached hydrogens (tertiary/aromatic N) is 2. The van der Waals surface area contributed by atoms with E-state index in [0.717, 1.165) is 44.5 Å². The predicted octanol–water partition coefficient (Wildman–Crippen LogP) is 2.74. The molecule has 0 aliphatic carbocycles. The van der Waals surface area contributed by atoms with Crippen LogP contribution in [-0.4, -0.2) is 62.6 Å². The van der Waals surface area contributed by atoms with Crippen molar-refractivity contribution in [3.05, 3.63) is 35.4 Å². The van der Waals surface area contributed by atoms with Gasteiger partial charge >= 0.3 is 6.03 Å². The van der Waals surface area contributed by atoms with Crippen LogP contribution >= 0.6 is 0 Å². The molecular formula is C20H31N3O3. The molecule has 0 radical (unpaired) electrons. The SMILES string of the molecule is COCCC[C@@H]1CCCN(C(=O)NCc2ccc(C(=O)N(C)C)cc2)C1. The number of carbonyl (C=O) groups is 2. The van der Waals surface area contributed by atoms with Gasteiger partial charge < -0.3 is 19.9 Å². The Labute approximate surface area is 156 Å². The van der Waals surface area contributed by atoms with Gasteiger partial charge in [-0.1, -0.05) is 12.1 Å². The van der Waals surface area contributed by atoms with Gasteiger partial charge in [-0.2, -0.15) is 0 Å². The van der Waals surface area contributed by atoms with Crippen LogP contribution in [-0.2, 0) is 11.3 Å². The summed E-state index contributed by atoms with van der Waals surface area (Å²) in [4.78, 5) is 27.8. The Kier molecular flexibility index (Phi) is 7.91. The molecule has 1 fully saturated rings. The van der Waals surface area contributed by atoms with Crippen LogP contribution in [0.3, 0.4) is 0 Å². The number of nitrogens with one attached hydrogen (secondary N) is 1. The second kappa shape index (κ2) is 10.2. The van der Waals surface area contributed by atoms with Crippen LogP contribution in [0, 0.1) is 5.92 Å². The molecule has 6 heteroatoms. The molecule has 0 unspecified atom stereocenters. The summed E-state index contributed by atoms with van der Waals surface area (Å²) in [5.74, 6) is 0.550. The minimum Gasteiger partial charge on any atom is -0.385 e. The number of hydrogen-bond donors (Lipinski definition) is 1. The molecule has 26 heavy (non-hydrogen) atoms. The first-order valence-corrected chi connectivity index (χ1v) is 9.33. The predicted molar refractivity (Wildman–Crippen MR) is 102 cm³/mol. The van der Waals surface area contributed by atoms with E-state index in [2.05, 4.69) is 5.32 Å². The van der Waals surface area contributed by atoms with Crippen molar-refractivity contribution in [1.82, 2.24) is 15.1 Å². The average Bonchev–Trinajstić information content (AvgIpc) is 2.66. The van der Waals surface area contributed by atoms with E-state index in [1.807, 2.05) is 17.0 Å². The minimum absolute atomic E-state index is 0.00474. The maximum atomic E-state index is 12.4. The molecule has 3 amide bonds. The minimum atomic E-state index is -0.0200. The molecule has 1 aromatic rings. The molecule has 1 heterocycles. The fourth-order valence-corrected chi connectivity index (χ4v) is 3.31. The summed E-state index contributed by atoms with van der Waals surface area (Å²) in [7, 11) is 5.19. The first kappa shape index (κ1) is 20.2. The number of hydrogen-bond acceptors (Lipinski definition) is 3. The van der Waals surface area contributed by atoms with Gasteiger partial charge in [-0.25, -0.2) is 4.79 Å². The van der Waals surface area contributed by atoms with Crippen LogP contribution in [0.2, 0.25) is 0 Å². The van der Waals surface area contributed by atoms with E-state index in [0.29, 0.717) is 18.0 Å². The second-order valence-corrected chi connectivity index (χ2v) is 7.14. The summed E-state index contributed by atoms with van der Waals surface area (Å²) >= 11 is 0. The van der Waals surface area contributed by atoms with Crippen molar-refractivity contribution in [1.29, 1.82) is 0 Å². The largest absolute Gasteiger partial charge is 0.385 e. The average molecular weight is 361 g/mol. The number of carbonyl (C=O) groups excluding carboxylic acids is 2. The number of likely N-dealkylation sites (tertiary alicyclic amines) is 1. The van der Waals surface area contributed by atoms with E-state index >= 15 is 0 Å². The second-order valence-electron chi connectivity index (χ2n) is 7.14. The molecule has 0 bridgehead atoms. The van der Waals surface area contributed by atoms with Crippen molar-refractivity contribution in [2.75, 3.05) is 40.9 Å². The zero-order valence-electron chi connectivity index (χ0n) is 16.2. The highest BCUT2D eigenvalue weighted by atomic mass is 16.5. The highest BCUT2D eigenvalue weighted by Gasteiger charge is 2.23. The highest BCUT2D eigenvalue weighted by Crippen LogP contribution is 2.21. The third kappa shape index (κ3) is 6.02. The summed E-state index contributed by atoms with van der Waals surface area (Å²) in [5.41, 5.74) is 1.64. The number of amides is 3. The lowest BCUT2D eigenvalue weighted by atomic mass is 9.94. The van der Waals surface area contributed by atoms with Gasteiger partial charge in [0.05, 0.1) is 0 Å². The summed E-state index contributed by atoms with van der Waals surface area (Å²) in [6.45, 7) is 2.91. The molecule has 1 aliphatic rings. The number of benzene rings is 1. The first-order chi connectivity index (χ1) is 12.5. The van der Waals surface area contributed by atoms with Gasteiger partial charge in [0, 0.05) is 53.0 Å². The number of piperidine rings is 1. The van der Waals surface area contributed by atoms with E-state index in [1.165, 1.54) is 6.42 Å². The summed E-state index contributed by atoms with van der Waals surface area (Å²) in [6, 6.07) is 7.38. The lowest BCUT2D eigenvalue weighted by molar-refractivity contribution is 0.0827. The Hall–Kier alpha value is -2.08. The van der Waals surface area contributed by atoms with Crippen LogP contribution in [0.15, 0.2) is 24.3 Å². The van der Waals surface area contributed by atoms with Crippen LogP contribution < -0.4 is 5.32 Å². The van der Waals surface area contributed by atoms with Crippen molar-refractivity contribution in [3.63, 3.8) is 0 Å². The smallest absolute Gasteiger partial charge is 0.317 e. The molecule has 1 N–H and O–H groups in total. The van der Waals surface area contributed by atoms with Gasteiger partial charge in [-0.3, -0.25) is 4.79 Å². The Morgan fingerprint density at radius 2 is 2.00 bits per heavy atom. The number of urea groups is 1. The molecule has 0 aromatic heterocycles. The molecule has 0 spiro atoms. The lowest BCUT2D eigenvalue weighted by Crippen LogP contribution is -2.45. The number of rotatable bonds is 7. The molecule has 1 aromatic carbocycles. The Balaban J connectivity index is 1.79. The van der Waals surface area contributed by atoms with E-state index in [9.17, 15) is 9.59 Å². The van der Waals surface area contributed by atoms with Crippen LogP contribution in [0.25, 0.3) is 0 Å². The van der Waals surface area contributed by atoms with Crippen molar-refractivity contribution in [2.45, 2.75) is 32.2 Å². The molecule has 2 rings (SSSR count). The van der Waals surface area contributed by atoms with Crippen molar-refractivity contribution in [2.24, 2.45) is 5.92 Å². The third-order valence-electron chi connectivity index (χ3n) is 4.82. The normalized spacial score (nSPS) is 17.0. The van der Waals surface area contributed by atoms with Crippen molar-refractivity contribution >= 4 is 11.9 Å². The van der Waals surface area contributed by atoms with Crippen LogP contribution in [0.4, 0.5) is 4.79 Å². The molecule has 6 nitrogen and oxygen atoms in total. The zero-order valence-corrected chi connectivity index (χ0v) is 16.2. The van der Waals surface area contributed by atoms with E-state index in [1.54, 1.807) is 38.2 Å². The van der Waals surface area contributed by atoms with Crippen LogP contribution in [0.1, 0.15) is 41.6 Å². The molecule has 1 saturated heterocycles. The topological polar surface area (TPSA) is 61.9 Å². The standard InChI is InChI=1S/C20H31N3O3/c1-22(2)19(24)18-10-8-16(9-11-18)14-21-20(25)23-12-4-6-17(15-23)7-5-13-26-3/h8-11,17H,4-7,12-15H2,1-3H3,(H,21,25)/t17-/m0/s1. The van der Waals surface area contributed by atoms with Gasteiger partial charge in [0.2, 0.25) is 0 Å². The first-order valence-electron chi connectivity index (χ1n) is 9.33. The Morgan fingerprint density at radius 1 is 1.27 bits per heavy atom. The van der Waals surface area contributed by atoms with Gasteiger partial charge in [0.25, 0.3) is 5.91 Å². The summed E-state index contributed by atoms with van der Waals surface area (Å²) in [5, 5.41) is 2.99. The summed E-state index contributed by atoms with van der Waals surface area (Å²) < 4.78 is 5.11. The fourth-order valence-electron chi connectivity index (χ4n) is 3.31. The lowest BCUT2D eigenvalue weighted by Gasteiger charge is -2.32. The Bertz CT molecular complexity index is 586. The molecule has 144 valence electrons. The van der Waals surface area contributed by atoms with Crippen molar-refractivity contribution < 1.29 is 14.3 Å². The molecule has 1 atom stereocenters.